The second kappa shape index (κ2) is 11.0. The number of carbonyl (C=O) groups is 3. The molecule has 1 amide bonds. The van der Waals surface area contributed by atoms with E-state index >= 15 is 0 Å². The summed E-state index contributed by atoms with van der Waals surface area (Å²) in [7, 11) is 0. The first-order chi connectivity index (χ1) is 21.4. The summed E-state index contributed by atoms with van der Waals surface area (Å²) in [5.74, 6) is -7.02. The SMILES string of the molecule is CCN(CC)c1ccc(-c2csc(Nc3ccc4c(c3O)C(O)=C3C(=O)[C@]5(O)C(O)=C(C(N)=O)C(=O)C[C@@H]5CC3[C@H]4C)n2)cc1. The number of Topliss-reactive ketones (excluding diaryl/α,β-unsaturated/α-hetero) is 2. The van der Waals surface area contributed by atoms with E-state index in [1.54, 1.807) is 12.1 Å². The molecule has 0 spiro atoms. The third kappa shape index (κ3) is 4.58. The van der Waals surface area contributed by atoms with Gasteiger partial charge in [-0.05, 0) is 55.9 Å². The predicted octanol–water partition coefficient (Wildman–Crippen LogP) is 4.70. The number of nitrogens with zero attached hydrogens (tertiary/aromatic N) is 2. The van der Waals surface area contributed by atoms with Crippen molar-refractivity contribution < 1.29 is 34.8 Å². The standard InChI is InChI=1S/C33H34N4O7S/c1-4-37(5-2)18-8-6-16(7-9-18)22-14-45-32(36-22)35-21-11-10-19-15(3)20-12-17-13-23(38)26(31(34)43)30(42)33(17,44)29(41)25(20)28(40)24(19)27(21)39/h6-11,14-15,17,20,39-40,42,44H,4-5,12-13H2,1-3H3,(H2,34,43)(H,35,36)/t15-,17-,20?,33-/m0/s1. The Bertz CT molecular complexity index is 1810. The monoisotopic (exact) mass is 630 g/mol. The maximum Gasteiger partial charge on any atom is 0.255 e. The zero-order valence-corrected chi connectivity index (χ0v) is 25.8. The zero-order chi connectivity index (χ0) is 32.4. The van der Waals surface area contributed by atoms with Gasteiger partial charge in [-0.1, -0.05) is 25.1 Å². The van der Waals surface area contributed by atoms with Crippen LogP contribution in [-0.2, 0) is 14.4 Å². The van der Waals surface area contributed by atoms with Crippen molar-refractivity contribution in [2.24, 2.45) is 17.6 Å². The second-order valence-corrected chi connectivity index (χ2v) is 12.6. The molecule has 3 aromatic rings. The molecule has 45 heavy (non-hydrogen) atoms. The van der Waals surface area contributed by atoms with Crippen LogP contribution in [-0.4, -0.2) is 61.6 Å². The number of aromatic nitrogens is 1. The Labute approximate surface area is 263 Å². The number of rotatable bonds is 7. The number of aromatic hydroxyl groups is 1. The molecule has 1 heterocycles. The molecule has 0 bridgehead atoms. The highest BCUT2D eigenvalue weighted by Crippen LogP contribution is 2.56. The van der Waals surface area contributed by atoms with E-state index < -0.39 is 57.9 Å². The average molecular weight is 631 g/mol. The van der Waals surface area contributed by atoms with Gasteiger partial charge in [-0.25, -0.2) is 4.98 Å². The molecule has 11 nitrogen and oxygen atoms in total. The molecular weight excluding hydrogens is 596 g/mol. The van der Waals surface area contributed by atoms with E-state index in [0.717, 1.165) is 30.0 Å². The van der Waals surface area contributed by atoms with Crippen molar-refractivity contribution in [3.8, 4) is 17.0 Å². The van der Waals surface area contributed by atoms with E-state index in [2.05, 4.69) is 41.2 Å². The number of aliphatic hydroxyl groups excluding tert-OH is 2. The van der Waals surface area contributed by atoms with Gasteiger partial charge in [0.05, 0.1) is 16.9 Å². The van der Waals surface area contributed by atoms with Crippen LogP contribution in [0.15, 0.2) is 58.7 Å². The van der Waals surface area contributed by atoms with Gasteiger partial charge < -0.3 is 36.4 Å². The number of hydrogen-bond acceptors (Lipinski definition) is 11. The van der Waals surface area contributed by atoms with E-state index in [1.807, 2.05) is 24.4 Å². The molecule has 0 saturated heterocycles. The second-order valence-electron chi connectivity index (χ2n) is 11.7. The van der Waals surface area contributed by atoms with Gasteiger partial charge in [0.15, 0.2) is 16.5 Å². The van der Waals surface area contributed by atoms with Gasteiger partial charge in [-0.15, -0.1) is 11.3 Å². The highest BCUT2D eigenvalue weighted by atomic mass is 32.1. The minimum atomic E-state index is -2.61. The minimum absolute atomic E-state index is 0.0170. The Morgan fingerprint density at radius 3 is 2.44 bits per heavy atom. The molecule has 0 radical (unpaired) electrons. The zero-order valence-electron chi connectivity index (χ0n) is 25.0. The van der Waals surface area contributed by atoms with Crippen LogP contribution < -0.4 is 16.0 Å². The highest BCUT2D eigenvalue weighted by Gasteiger charge is 2.61. The number of aliphatic hydroxyl groups is 3. The quantitative estimate of drug-likeness (QED) is 0.158. The van der Waals surface area contributed by atoms with E-state index in [0.29, 0.717) is 10.7 Å². The topological polar surface area (TPSA) is 186 Å². The normalized spacial score (nSPS) is 24.2. The molecule has 7 N–H and O–H groups in total. The van der Waals surface area contributed by atoms with Crippen LogP contribution in [0.1, 0.15) is 50.7 Å². The van der Waals surface area contributed by atoms with Crippen LogP contribution in [0.25, 0.3) is 17.0 Å². The Morgan fingerprint density at radius 2 is 1.80 bits per heavy atom. The van der Waals surface area contributed by atoms with E-state index in [-0.39, 0.29) is 35.4 Å². The van der Waals surface area contributed by atoms with Crippen LogP contribution in [0.5, 0.6) is 5.75 Å². The van der Waals surface area contributed by atoms with Crippen molar-refractivity contribution in [2.45, 2.75) is 45.1 Å². The van der Waals surface area contributed by atoms with Gasteiger partial charge in [0.1, 0.15) is 22.8 Å². The number of ketones is 2. The maximum absolute atomic E-state index is 13.9. The summed E-state index contributed by atoms with van der Waals surface area (Å²) in [6.07, 6.45) is -0.290. The molecule has 234 valence electrons. The summed E-state index contributed by atoms with van der Waals surface area (Å²) in [6, 6.07) is 11.5. The van der Waals surface area contributed by atoms with Gasteiger partial charge in [0, 0.05) is 47.6 Å². The first-order valence-corrected chi connectivity index (χ1v) is 15.7. The molecular formula is C33H34N4O7S. The summed E-state index contributed by atoms with van der Waals surface area (Å²) in [5.41, 5.74) is 5.30. The Hall–Kier alpha value is -4.68. The van der Waals surface area contributed by atoms with Crippen molar-refractivity contribution in [2.75, 3.05) is 23.3 Å². The lowest BCUT2D eigenvalue weighted by Gasteiger charge is -2.47. The van der Waals surface area contributed by atoms with E-state index in [4.69, 9.17) is 5.73 Å². The van der Waals surface area contributed by atoms with Crippen LogP contribution in [0.4, 0.5) is 16.5 Å². The number of primary amides is 1. The maximum atomic E-state index is 13.9. The fourth-order valence-electron chi connectivity index (χ4n) is 7.02. The van der Waals surface area contributed by atoms with Gasteiger partial charge in [0.2, 0.25) is 5.78 Å². The molecule has 1 fully saturated rings. The number of phenolic OH excluding ortho intramolecular Hbond substituents is 1. The molecule has 2 aromatic carbocycles. The van der Waals surface area contributed by atoms with Crippen molar-refractivity contribution >= 4 is 51.1 Å². The summed E-state index contributed by atoms with van der Waals surface area (Å²) in [6.45, 7) is 7.85. The molecule has 3 aliphatic carbocycles. The number of nitrogens with two attached hydrogens (primary N) is 1. The lowest BCUT2D eigenvalue weighted by Crippen LogP contribution is -2.58. The first kappa shape index (κ1) is 30.4. The molecule has 4 atom stereocenters. The number of anilines is 3. The summed E-state index contributed by atoms with van der Waals surface area (Å²) in [4.78, 5) is 45.2. The Morgan fingerprint density at radius 1 is 1.11 bits per heavy atom. The molecule has 1 saturated carbocycles. The van der Waals surface area contributed by atoms with Gasteiger partial charge in [-0.2, -0.15) is 0 Å². The number of benzene rings is 2. The van der Waals surface area contributed by atoms with E-state index in [9.17, 15) is 34.8 Å². The fourth-order valence-corrected chi connectivity index (χ4v) is 7.76. The lowest BCUT2D eigenvalue weighted by molar-refractivity contribution is -0.148. The Kier molecular flexibility index (Phi) is 7.45. The van der Waals surface area contributed by atoms with Crippen molar-refractivity contribution in [3.63, 3.8) is 0 Å². The van der Waals surface area contributed by atoms with Gasteiger partial charge >= 0.3 is 0 Å². The average Bonchev–Trinajstić information content (AvgIpc) is 3.48. The van der Waals surface area contributed by atoms with Crippen molar-refractivity contribution in [1.82, 2.24) is 4.98 Å². The van der Waals surface area contributed by atoms with Crippen LogP contribution >= 0.6 is 11.3 Å². The summed E-state index contributed by atoms with van der Waals surface area (Å²) in [5, 5.41) is 50.6. The molecule has 3 aliphatic rings. The fraction of sp³-hybridized carbons (Fsp3) is 0.333. The molecule has 1 unspecified atom stereocenters. The number of nitrogens with one attached hydrogen (secondary N) is 1. The largest absolute Gasteiger partial charge is 0.508 e. The van der Waals surface area contributed by atoms with Crippen molar-refractivity contribution in [1.29, 1.82) is 0 Å². The first-order valence-electron chi connectivity index (χ1n) is 14.8. The predicted molar refractivity (Wildman–Crippen MR) is 170 cm³/mol. The van der Waals surface area contributed by atoms with Crippen LogP contribution in [0.3, 0.4) is 0 Å². The van der Waals surface area contributed by atoms with Crippen molar-refractivity contribution in [3.05, 3.63) is 69.8 Å². The number of thiazole rings is 1. The summed E-state index contributed by atoms with van der Waals surface area (Å²) >= 11 is 1.34. The van der Waals surface area contributed by atoms with Crippen LogP contribution in [0.2, 0.25) is 0 Å². The molecule has 6 rings (SSSR count). The highest BCUT2D eigenvalue weighted by molar-refractivity contribution is 7.14. The number of phenols is 1. The summed E-state index contributed by atoms with van der Waals surface area (Å²) < 4.78 is 0. The number of fused-ring (bicyclic) bond motifs is 3. The number of amides is 1. The molecule has 1 aromatic heterocycles. The van der Waals surface area contributed by atoms with E-state index in [1.165, 1.54) is 11.3 Å². The number of hydrogen-bond donors (Lipinski definition) is 6. The van der Waals surface area contributed by atoms with Gasteiger partial charge in [-0.3, -0.25) is 14.4 Å². The lowest BCUT2D eigenvalue weighted by atomic mass is 9.57. The smallest absolute Gasteiger partial charge is 0.255 e. The minimum Gasteiger partial charge on any atom is -0.508 e. The molecule has 12 heteroatoms. The van der Waals surface area contributed by atoms with Crippen LogP contribution in [0, 0.1) is 11.8 Å². The molecule has 0 aliphatic heterocycles. The van der Waals surface area contributed by atoms with Gasteiger partial charge in [0.25, 0.3) is 5.91 Å². The Balaban J connectivity index is 1.34. The third-order valence-corrected chi connectivity index (χ3v) is 10.2. The third-order valence-electron chi connectivity index (χ3n) is 9.48. The number of carbonyl (C=O) groups excluding carboxylic acids is 3.